The molecule has 2 N–H and O–H groups in total. The average molecular weight is 346 g/mol. The van der Waals surface area contributed by atoms with Gasteiger partial charge in [0.25, 0.3) is 5.91 Å². The second-order valence-corrected chi connectivity index (χ2v) is 5.23. The molecule has 0 saturated heterocycles. The molecular weight excluding hydrogens is 333 g/mol. The second kappa shape index (κ2) is 8.19. The molecule has 0 unspecified atom stereocenters. The Labute approximate surface area is 142 Å². The Morgan fingerprint density at radius 1 is 1.08 bits per heavy atom. The van der Waals surface area contributed by atoms with Gasteiger partial charge in [-0.05, 0) is 42.0 Å². The van der Waals surface area contributed by atoms with Gasteiger partial charge in [-0.25, -0.2) is 9.87 Å². The van der Waals surface area contributed by atoms with Crippen LogP contribution in [-0.2, 0) is 4.79 Å². The Kier molecular flexibility index (Phi) is 6.01. The highest BCUT2D eigenvalue weighted by Crippen LogP contribution is 2.15. The Hall–Kier alpha value is -2.76. The van der Waals surface area contributed by atoms with Gasteiger partial charge >= 0.3 is 0 Å². The van der Waals surface area contributed by atoms with Crippen molar-refractivity contribution in [3.8, 4) is 0 Å². The van der Waals surface area contributed by atoms with Crippen LogP contribution in [0.3, 0.4) is 0 Å². The van der Waals surface area contributed by atoms with Gasteiger partial charge in [-0.2, -0.15) is 0 Å². The van der Waals surface area contributed by atoms with Crippen LogP contribution in [-0.4, -0.2) is 16.9 Å². The van der Waals surface area contributed by atoms with Crippen LogP contribution in [0.5, 0.6) is 0 Å². The number of halogens is 2. The average Bonchev–Trinajstić information content (AvgIpc) is 2.58. The van der Waals surface area contributed by atoms with Crippen LogP contribution in [0.15, 0.2) is 54.6 Å². The number of carbonyl (C=O) groups is 2. The van der Waals surface area contributed by atoms with E-state index in [0.717, 1.165) is 6.08 Å². The highest BCUT2D eigenvalue weighted by Gasteiger charge is 2.04. The van der Waals surface area contributed by atoms with Crippen LogP contribution < -0.4 is 5.48 Å². The molecular formula is C18H13ClFNO3. The third-order valence-corrected chi connectivity index (χ3v) is 3.32. The fourth-order valence-corrected chi connectivity index (χ4v) is 2.09. The van der Waals surface area contributed by atoms with E-state index in [1.165, 1.54) is 41.9 Å². The number of ketones is 1. The van der Waals surface area contributed by atoms with Gasteiger partial charge in [0, 0.05) is 22.2 Å². The van der Waals surface area contributed by atoms with Gasteiger partial charge in [0.1, 0.15) is 5.82 Å². The Morgan fingerprint density at radius 3 is 2.54 bits per heavy atom. The number of hydroxylamine groups is 1. The predicted octanol–water partition coefficient (Wildman–Crippen LogP) is 3.89. The van der Waals surface area contributed by atoms with E-state index < -0.39 is 11.7 Å². The Balaban J connectivity index is 2.14. The highest BCUT2D eigenvalue weighted by molar-refractivity contribution is 6.31. The number of rotatable bonds is 5. The first-order chi connectivity index (χ1) is 11.5. The first kappa shape index (κ1) is 17.6. The number of carbonyl (C=O) groups excluding carboxylic acids is 2. The first-order valence-corrected chi connectivity index (χ1v) is 7.27. The van der Waals surface area contributed by atoms with Crippen LogP contribution in [0.4, 0.5) is 4.39 Å². The minimum Gasteiger partial charge on any atom is -0.289 e. The minimum absolute atomic E-state index is 0.231. The molecule has 2 aromatic carbocycles. The number of hydrogen-bond donors (Lipinski definition) is 2. The zero-order valence-corrected chi connectivity index (χ0v) is 13.1. The van der Waals surface area contributed by atoms with Gasteiger partial charge in [0.2, 0.25) is 0 Å². The maximum atomic E-state index is 14.0. The zero-order chi connectivity index (χ0) is 17.5. The van der Waals surface area contributed by atoms with Crippen LogP contribution in [0.1, 0.15) is 21.5 Å². The third kappa shape index (κ3) is 4.87. The summed E-state index contributed by atoms with van der Waals surface area (Å²) in [5.41, 5.74) is 2.52. The predicted molar refractivity (Wildman–Crippen MR) is 90.2 cm³/mol. The van der Waals surface area contributed by atoms with Crippen molar-refractivity contribution in [3.63, 3.8) is 0 Å². The lowest BCUT2D eigenvalue weighted by molar-refractivity contribution is -0.124. The zero-order valence-electron chi connectivity index (χ0n) is 12.4. The van der Waals surface area contributed by atoms with Gasteiger partial charge < -0.3 is 0 Å². The lowest BCUT2D eigenvalue weighted by Crippen LogP contribution is -2.14. The third-order valence-electron chi connectivity index (χ3n) is 3.09. The van der Waals surface area contributed by atoms with Gasteiger partial charge in [-0.15, -0.1) is 0 Å². The first-order valence-electron chi connectivity index (χ1n) is 6.89. The number of benzene rings is 2. The second-order valence-electron chi connectivity index (χ2n) is 4.80. The van der Waals surface area contributed by atoms with Gasteiger partial charge in [0.05, 0.1) is 0 Å². The van der Waals surface area contributed by atoms with Crippen molar-refractivity contribution in [2.75, 3.05) is 0 Å². The van der Waals surface area contributed by atoms with Crippen LogP contribution in [0.2, 0.25) is 5.02 Å². The van der Waals surface area contributed by atoms with Crippen molar-refractivity contribution in [2.45, 2.75) is 0 Å². The van der Waals surface area contributed by atoms with E-state index in [0.29, 0.717) is 16.1 Å². The van der Waals surface area contributed by atoms with Gasteiger partial charge in [-0.1, -0.05) is 35.9 Å². The maximum Gasteiger partial charge on any atom is 0.267 e. The van der Waals surface area contributed by atoms with Crippen molar-refractivity contribution in [2.24, 2.45) is 0 Å². The normalized spacial score (nSPS) is 11.1. The topological polar surface area (TPSA) is 66.4 Å². The van der Waals surface area contributed by atoms with E-state index in [-0.39, 0.29) is 11.3 Å². The molecule has 1 amide bonds. The molecule has 4 nitrogen and oxygen atoms in total. The molecule has 0 heterocycles. The molecule has 0 aliphatic rings. The minimum atomic E-state index is -0.716. The Morgan fingerprint density at radius 2 is 1.88 bits per heavy atom. The molecule has 0 saturated carbocycles. The lowest BCUT2D eigenvalue weighted by Gasteiger charge is -2.00. The van der Waals surface area contributed by atoms with Crippen molar-refractivity contribution < 1.29 is 19.2 Å². The van der Waals surface area contributed by atoms with E-state index in [1.54, 1.807) is 24.3 Å². The maximum absolute atomic E-state index is 14.0. The highest BCUT2D eigenvalue weighted by atomic mass is 35.5. The van der Waals surface area contributed by atoms with E-state index in [1.807, 2.05) is 0 Å². The van der Waals surface area contributed by atoms with E-state index in [2.05, 4.69) is 0 Å². The standard InChI is InChI=1S/C18H13ClFNO3/c19-15-3-1-2-14(11-15)17(22)8-7-13-6-4-12(10-16(13)20)5-9-18(23)21-24/h1-11,24H,(H,21,23)/b8-7+,9-5+. The molecule has 0 atom stereocenters. The van der Waals surface area contributed by atoms with Crippen molar-refractivity contribution in [1.82, 2.24) is 5.48 Å². The summed E-state index contributed by atoms with van der Waals surface area (Å²) in [6.07, 6.45) is 5.04. The molecule has 0 bridgehead atoms. The summed E-state index contributed by atoms with van der Waals surface area (Å²) >= 11 is 5.82. The van der Waals surface area contributed by atoms with Crippen molar-refractivity contribution in [3.05, 3.63) is 82.1 Å². The summed E-state index contributed by atoms with van der Waals surface area (Å²) < 4.78 is 14.0. The fraction of sp³-hybridized carbons (Fsp3) is 0. The number of nitrogens with one attached hydrogen (secondary N) is 1. The monoisotopic (exact) mass is 345 g/mol. The quantitative estimate of drug-likeness (QED) is 0.374. The molecule has 0 aliphatic heterocycles. The summed E-state index contributed by atoms with van der Waals surface area (Å²) in [5, 5.41) is 8.82. The van der Waals surface area contributed by atoms with E-state index in [4.69, 9.17) is 16.8 Å². The van der Waals surface area contributed by atoms with E-state index in [9.17, 15) is 14.0 Å². The van der Waals surface area contributed by atoms with Crippen LogP contribution in [0, 0.1) is 5.82 Å². The summed E-state index contributed by atoms with van der Waals surface area (Å²) in [6, 6.07) is 10.7. The molecule has 2 aromatic rings. The molecule has 6 heteroatoms. The SMILES string of the molecule is O=C(/C=C/c1ccc(/C=C/C(=O)c2cccc(Cl)c2)c(F)c1)NO. The van der Waals surface area contributed by atoms with Crippen LogP contribution >= 0.6 is 11.6 Å². The molecule has 0 spiro atoms. The molecule has 24 heavy (non-hydrogen) atoms. The largest absolute Gasteiger partial charge is 0.289 e. The molecule has 122 valence electrons. The van der Waals surface area contributed by atoms with Crippen molar-refractivity contribution in [1.29, 1.82) is 0 Å². The van der Waals surface area contributed by atoms with Gasteiger partial charge in [0.15, 0.2) is 5.78 Å². The molecule has 0 radical (unpaired) electrons. The Bertz CT molecular complexity index is 831. The molecule has 0 aliphatic carbocycles. The van der Waals surface area contributed by atoms with E-state index >= 15 is 0 Å². The fourth-order valence-electron chi connectivity index (χ4n) is 1.89. The summed E-state index contributed by atoms with van der Waals surface area (Å²) in [5.74, 6) is -1.55. The summed E-state index contributed by atoms with van der Waals surface area (Å²) in [6.45, 7) is 0. The molecule has 2 rings (SSSR count). The summed E-state index contributed by atoms with van der Waals surface area (Å²) in [4.78, 5) is 22.9. The molecule has 0 aromatic heterocycles. The number of amides is 1. The summed E-state index contributed by atoms with van der Waals surface area (Å²) in [7, 11) is 0. The number of allylic oxidation sites excluding steroid dienone is 1. The smallest absolute Gasteiger partial charge is 0.267 e. The van der Waals surface area contributed by atoms with Crippen LogP contribution in [0.25, 0.3) is 12.2 Å². The van der Waals surface area contributed by atoms with Gasteiger partial charge in [-0.3, -0.25) is 14.8 Å². The van der Waals surface area contributed by atoms with Crippen molar-refractivity contribution >= 4 is 35.4 Å². The number of hydrogen-bond acceptors (Lipinski definition) is 3. The lowest BCUT2D eigenvalue weighted by atomic mass is 10.1. The molecule has 0 fully saturated rings.